The highest BCUT2D eigenvalue weighted by Crippen LogP contribution is 2.18. The maximum atomic E-state index is 13.6. The first kappa shape index (κ1) is 13.2. The van der Waals surface area contributed by atoms with Gasteiger partial charge < -0.3 is 5.32 Å². The van der Waals surface area contributed by atoms with Crippen LogP contribution < -0.4 is 5.32 Å². The predicted molar refractivity (Wildman–Crippen MR) is 68.7 cm³/mol. The number of hydrogen-bond donors (Lipinski definition) is 1. The van der Waals surface area contributed by atoms with Gasteiger partial charge >= 0.3 is 0 Å². The molecule has 1 amide bonds. The first-order valence-corrected chi connectivity index (χ1v) is 5.89. The zero-order chi connectivity index (χ0) is 13.8. The third-order valence-electron chi connectivity index (χ3n) is 2.81. The molecule has 1 atom stereocenters. The maximum absolute atomic E-state index is 13.6. The van der Waals surface area contributed by atoms with Crippen LogP contribution in [0.3, 0.4) is 0 Å². The lowest BCUT2D eigenvalue weighted by molar-refractivity contribution is 0.0939. The largest absolute Gasteiger partial charge is 0.345 e. The van der Waals surface area contributed by atoms with Gasteiger partial charge in [0.2, 0.25) is 0 Å². The van der Waals surface area contributed by atoms with Crippen LogP contribution in [0.15, 0.2) is 48.5 Å². The minimum atomic E-state index is -0.666. The van der Waals surface area contributed by atoms with Crippen molar-refractivity contribution in [1.82, 2.24) is 5.32 Å². The molecule has 0 aromatic heterocycles. The van der Waals surface area contributed by atoms with E-state index in [9.17, 15) is 13.6 Å². The molecule has 0 saturated carbocycles. The van der Waals surface area contributed by atoms with Gasteiger partial charge in [0.05, 0.1) is 6.04 Å². The molecule has 0 unspecified atom stereocenters. The van der Waals surface area contributed by atoms with Gasteiger partial charge in [-0.1, -0.05) is 24.3 Å². The second kappa shape index (κ2) is 5.61. The molecule has 2 rings (SSSR count). The number of nitrogens with one attached hydrogen (secondary N) is 1. The van der Waals surface area contributed by atoms with Crippen molar-refractivity contribution in [2.45, 2.75) is 13.0 Å². The van der Waals surface area contributed by atoms with Crippen LogP contribution in [0.25, 0.3) is 0 Å². The van der Waals surface area contributed by atoms with Crippen molar-refractivity contribution in [3.8, 4) is 0 Å². The second-order valence-electron chi connectivity index (χ2n) is 4.23. The third-order valence-corrected chi connectivity index (χ3v) is 2.81. The zero-order valence-corrected chi connectivity index (χ0v) is 10.4. The lowest BCUT2D eigenvalue weighted by Gasteiger charge is -2.15. The van der Waals surface area contributed by atoms with Crippen LogP contribution in [0, 0.1) is 11.6 Å². The predicted octanol–water partition coefficient (Wildman–Crippen LogP) is 3.46. The molecule has 0 spiro atoms. The van der Waals surface area contributed by atoms with Crippen molar-refractivity contribution in [3.05, 3.63) is 71.3 Å². The van der Waals surface area contributed by atoms with Gasteiger partial charge in [-0.3, -0.25) is 4.79 Å². The Morgan fingerprint density at radius 3 is 2.42 bits per heavy atom. The van der Waals surface area contributed by atoms with Gasteiger partial charge in [-0.25, -0.2) is 8.78 Å². The summed E-state index contributed by atoms with van der Waals surface area (Å²) in [6, 6.07) is 11.4. The van der Waals surface area contributed by atoms with E-state index < -0.39 is 17.7 Å². The van der Waals surface area contributed by atoms with Crippen LogP contribution >= 0.6 is 0 Å². The van der Waals surface area contributed by atoms with Crippen molar-refractivity contribution >= 4 is 5.91 Å². The molecular formula is C15H13F2NO. The molecule has 19 heavy (non-hydrogen) atoms. The van der Waals surface area contributed by atoms with Crippen LogP contribution in [0.4, 0.5) is 8.78 Å². The Bertz CT molecular complexity index is 584. The summed E-state index contributed by atoms with van der Waals surface area (Å²) in [5.41, 5.74) is 0.752. The number of rotatable bonds is 3. The topological polar surface area (TPSA) is 29.1 Å². The zero-order valence-electron chi connectivity index (χ0n) is 10.4. The Balaban J connectivity index is 2.13. The highest BCUT2D eigenvalue weighted by atomic mass is 19.1. The van der Waals surface area contributed by atoms with Crippen LogP contribution in [0.5, 0.6) is 0 Å². The van der Waals surface area contributed by atoms with Gasteiger partial charge in [0.15, 0.2) is 0 Å². The molecule has 0 aliphatic heterocycles. The number of carbonyl (C=O) groups is 1. The summed E-state index contributed by atoms with van der Waals surface area (Å²) < 4.78 is 26.4. The molecule has 0 fully saturated rings. The quantitative estimate of drug-likeness (QED) is 0.900. The van der Waals surface area contributed by atoms with Crippen molar-refractivity contribution < 1.29 is 13.6 Å². The van der Waals surface area contributed by atoms with Crippen LogP contribution in [0.1, 0.15) is 28.9 Å². The minimum Gasteiger partial charge on any atom is -0.345 e. The van der Waals surface area contributed by atoms with Gasteiger partial charge in [-0.2, -0.15) is 0 Å². The van der Waals surface area contributed by atoms with Crippen molar-refractivity contribution in [2.24, 2.45) is 0 Å². The van der Waals surface area contributed by atoms with Crippen LogP contribution in [-0.4, -0.2) is 5.91 Å². The van der Waals surface area contributed by atoms with Crippen molar-refractivity contribution in [1.29, 1.82) is 0 Å². The lowest BCUT2D eigenvalue weighted by Crippen LogP contribution is -2.27. The summed E-state index contributed by atoms with van der Waals surface area (Å²) in [6.45, 7) is 1.65. The van der Waals surface area contributed by atoms with E-state index in [0.717, 1.165) is 6.07 Å². The van der Waals surface area contributed by atoms with E-state index in [0.29, 0.717) is 5.56 Å². The van der Waals surface area contributed by atoms with Gasteiger partial charge in [0, 0.05) is 17.2 Å². The third kappa shape index (κ3) is 3.16. The van der Waals surface area contributed by atoms with Crippen molar-refractivity contribution in [3.63, 3.8) is 0 Å². The lowest BCUT2D eigenvalue weighted by atomic mass is 10.1. The maximum Gasteiger partial charge on any atom is 0.251 e. The van der Waals surface area contributed by atoms with E-state index in [1.807, 2.05) is 0 Å². The first-order valence-electron chi connectivity index (χ1n) is 5.89. The van der Waals surface area contributed by atoms with Gasteiger partial charge in [-0.05, 0) is 25.1 Å². The summed E-state index contributed by atoms with van der Waals surface area (Å²) >= 11 is 0. The van der Waals surface area contributed by atoms with Crippen molar-refractivity contribution in [2.75, 3.05) is 0 Å². The summed E-state index contributed by atoms with van der Waals surface area (Å²) in [5, 5.41) is 2.67. The first-order chi connectivity index (χ1) is 9.08. The molecular weight excluding hydrogens is 248 g/mol. The highest BCUT2D eigenvalue weighted by molar-refractivity contribution is 5.94. The molecule has 0 radical (unpaired) electrons. The van der Waals surface area contributed by atoms with E-state index >= 15 is 0 Å². The average Bonchev–Trinajstić information content (AvgIpc) is 2.39. The fourth-order valence-corrected chi connectivity index (χ4v) is 1.80. The van der Waals surface area contributed by atoms with E-state index in [-0.39, 0.29) is 11.5 Å². The Labute approximate surface area is 110 Å². The number of hydrogen-bond acceptors (Lipinski definition) is 1. The molecule has 1 N–H and O–H groups in total. The van der Waals surface area contributed by atoms with E-state index in [4.69, 9.17) is 0 Å². The molecule has 0 heterocycles. The highest BCUT2D eigenvalue weighted by Gasteiger charge is 2.14. The SMILES string of the molecule is C[C@H](NC(=O)c1ccccc1)c1ccc(F)cc1F. The van der Waals surface area contributed by atoms with E-state index in [2.05, 4.69) is 5.32 Å². The Morgan fingerprint density at radius 1 is 1.11 bits per heavy atom. The van der Waals surface area contributed by atoms with E-state index in [1.54, 1.807) is 37.3 Å². The standard InChI is InChI=1S/C15H13F2NO/c1-10(13-8-7-12(16)9-14(13)17)18-15(19)11-5-3-2-4-6-11/h2-10H,1H3,(H,18,19)/t10-/m0/s1. The van der Waals surface area contributed by atoms with Crippen LogP contribution in [0.2, 0.25) is 0 Å². The van der Waals surface area contributed by atoms with Crippen LogP contribution in [-0.2, 0) is 0 Å². The monoisotopic (exact) mass is 261 g/mol. The Hall–Kier alpha value is -2.23. The molecule has 0 bridgehead atoms. The van der Waals surface area contributed by atoms with Gasteiger partial charge in [-0.15, -0.1) is 0 Å². The number of benzene rings is 2. The molecule has 4 heteroatoms. The summed E-state index contributed by atoms with van der Waals surface area (Å²) in [6.07, 6.45) is 0. The summed E-state index contributed by atoms with van der Waals surface area (Å²) in [4.78, 5) is 11.9. The van der Waals surface area contributed by atoms with Gasteiger partial charge in [0.1, 0.15) is 11.6 Å². The summed E-state index contributed by atoms with van der Waals surface area (Å²) in [7, 11) is 0. The second-order valence-corrected chi connectivity index (χ2v) is 4.23. The minimum absolute atomic E-state index is 0.255. The van der Waals surface area contributed by atoms with E-state index in [1.165, 1.54) is 12.1 Å². The normalized spacial score (nSPS) is 11.9. The average molecular weight is 261 g/mol. The Morgan fingerprint density at radius 2 is 1.79 bits per heavy atom. The number of halogens is 2. The molecule has 0 saturated heterocycles. The molecule has 2 aromatic rings. The number of amides is 1. The molecule has 0 aliphatic carbocycles. The molecule has 98 valence electrons. The number of carbonyl (C=O) groups excluding carboxylic acids is 1. The molecule has 2 nitrogen and oxygen atoms in total. The summed E-state index contributed by atoms with van der Waals surface area (Å²) in [5.74, 6) is -1.60. The molecule has 2 aromatic carbocycles. The molecule has 0 aliphatic rings. The fourth-order valence-electron chi connectivity index (χ4n) is 1.80. The van der Waals surface area contributed by atoms with Gasteiger partial charge in [0.25, 0.3) is 5.91 Å². The fraction of sp³-hybridized carbons (Fsp3) is 0.133. The Kier molecular flexibility index (Phi) is 3.90. The smallest absolute Gasteiger partial charge is 0.251 e.